The lowest BCUT2D eigenvalue weighted by atomic mass is 10.0. The lowest BCUT2D eigenvalue weighted by molar-refractivity contribution is 0.495. The minimum absolute atomic E-state index is 0.0121. The van der Waals surface area contributed by atoms with Gasteiger partial charge in [-0.1, -0.05) is 29.8 Å². The van der Waals surface area contributed by atoms with E-state index < -0.39 is 22.0 Å². The van der Waals surface area contributed by atoms with Crippen molar-refractivity contribution in [1.82, 2.24) is 23.7 Å². The number of piperidine rings is 1. The molecule has 1 atom stereocenters. The molecular weight excluding hydrogens is 518 g/mol. The fourth-order valence-electron chi connectivity index (χ4n) is 5.26. The van der Waals surface area contributed by atoms with Crippen molar-refractivity contribution >= 4 is 38.6 Å². The second kappa shape index (κ2) is 10.8. The van der Waals surface area contributed by atoms with Gasteiger partial charge in [0, 0.05) is 44.3 Å². The standard InChI is InChI=1S/C27H33N7O4S/c1-17(2)10-13-33-23-24(30-26(33)32-12-5-7-19(28)14-32)31(3)27(36)34(25(23)35)15-22-21-8-4-6-18(16-39(37)38)20(21)9-11-29-22/h4,6,8-11,19,39H,5,7,12-16,28H2,1-3H3. The second-order valence-electron chi connectivity index (χ2n) is 10.3. The number of aryl methyl sites for hydroxylation is 1. The van der Waals surface area contributed by atoms with E-state index in [2.05, 4.69) is 9.88 Å². The fraction of sp³-hybridized carbons (Fsp3) is 0.407. The zero-order chi connectivity index (χ0) is 27.8. The molecule has 0 amide bonds. The highest BCUT2D eigenvalue weighted by Crippen LogP contribution is 2.25. The number of anilines is 1. The Kier molecular flexibility index (Phi) is 7.41. The summed E-state index contributed by atoms with van der Waals surface area (Å²) in [5.41, 5.74) is 8.21. The van der Waals surface area contributed by atoms with Gasteiger partial charge in [0.15, 0.2) is 11.2 Å². The predicted octanol–water partition coefficient (Wildman–Crippen LogP) is 1.50. The monoisotopic (exact) mass is 551 g/mol. The van der Waals surface area contributed by atoms with Crippen LogP contribution in [0, 0.1) is 0 Å². The molecule has 39 heavy (non-hydrogen) atoms. The Balaban J connectivity index is 1.70. The van der Waals surface area contributed by atoms with Gasteiger partial charge in [-0.05, 0) is 43.7 Å². The van der Waals surface area contributed by atoms with Crippen LogP contribution in [0.2, 0.25) is 0 Å². The molecule has 3 aromatic heterocycles. The number of rotatable bonds is 7. The Bertz CT molecular complexity index is 1790. The first kappa shape index (κ1) is 26.8. The van der Waals surface area contributed by atoms with Crippen molar-refractivity contribution in [3.8, 4) is 0 Å². The molecule has 4 aromatic rings. The molecule has 1 fully saturated rings. The molecule has 1 saturated heterocycles. The molecule has 5 rings (SSSR count). The highest BCUT2D eigenvalue weighted by Gasteiger charge is 2.26. The summed E-state index contributed by atoms with van der Waals surface area (Å²) in [6, 6.07) is 7.10. The largest absolute Gasteiger partial charge is 0.341 e. The van der Waals surface area contributed by atoms with Crippen molar-refractivity contribution in [2.45, 2.75) is 51.6 Å². The summed E-state index contributed by atoms with van der Waals surface area (Å²) < 4.78 is 27.3. The molecule has 12 heteroatoms. The lowest BCUT2D eigenvalue weighted by Crippen LogP contribution is -2.44. The molecule has 11 nitrogen and oxygen atoms in total. The zero-order valence-electron chi connectivity index (χ0n) is 22.3. The minimum Gasteiger partial charge on any atom is -0.341 e. The van der Waals surface area contributed by atoms with Gasteiger partial charge < -0.3 is 15.2 Å². The first-order valence-electron chi connectivity index (χ1n) is 13.0. The van der Waals surface area contributed by atoms with Crippen LogP contribution >= 0.6 is 0 Å². The zero-order valence-corrected chi connectivity index (χ0v) is 23.2. The van der Waals surface area contributed by atoms with Gasteiger partial charge in [0.1, 0.15) is 10.7 Å². The van der Waals surface area contributed by atoms with Gasteiger partial charge in [-0.15, -0.1) is 0 Å². The number of aromatic nitrogens is 5. The summed E-state index contributed by atoms with van der Waals surface area (Å²) >= 11 is 0. The van der Waals surface area contributed by atoms with Crippen LogP contribution in [0.3, 0.4) is 0 Å². The quantitative estimate of drug-likeness (QED) is 0.260. The van der Waals surface area contributed by atoms with Gasteiger partial charge in [0.25, 0.3) is 5.56 Å². The van der Waals surface area contributed by atoms with Crippen LogP contribution in [0.25, 0.3) is 21.9 Å². The Morgan fingerprint density at radius 2 is 1.95 bits per heavy atom. The van der Waals surface area contributed by atoms with Gasteiger partial charge in [0.2, 0.25) is 5.95 Å². The predicted molar refractivity (Wildman–Crippen MR) is 153 cm³/mol. The summed E-state index contributed by atoms with van der Waals surface area (Å²) in [5.74, 6) is 0.526. The summed E-state index contributed by atoms with van der Waals surface area (Å²) in [5, 5.41) is 1.42. The minimum atomic E-state index is -2.62. The van der Waals surface area contributed by atoms with Gasteiger partial charge >= 0.3 is 5.69 Å². The maximum Gasteiger partial charge on any atom is 0.332 e. The molecule has 206 valence electrons. The number of fused-ring (bicyclic) bond motifs is 2. The van der Waals surface area contributed by atoms with Crippen molar-refractivity contribution in [2.75, 3.05) is 18.0 Å². The lowest BCUT2D eigenvalue weighted by Gasteiger charge is -2.31. The molecule has 1 aromatic carbocycles. The first-order valence-corrected chi connectivity index (χ1v) is 14.3. The Morgan fingerprint density at radius 3 is 2.67 bits per heavy atom. The Morgan fingerprint density at radius 1 is 1.15 bits per heavy atom. The first-order chi connectivity index (χ1) is 18.7. The molecule has 0 aliphatic carbocycles. The highest BCUT2D eigenvalue weighted by atomic mass is 32.2. The number of nitrogens with zero attached hydrogens (tertiary/aromatic N) is 6. The van der Waals surface area contributed by atoms with E-state index in [-0.39, 0.29) is 18.3 Å². The van der Waals surface area contributed by atoms with E-state index in [1.165, 1.54) is 9.13 Å². The van der Waals surface area contributed by atoms with E-state index in [0.717, 1.165) is 30.3 Å². The number of imidazole rings is 1. The number of allylic oxidation sites excluding steroid dienone is 2. The molecule has 1 aliphatic rings. The van der Waals surface area contributed by atoms with Crippen LogP contribution in [0.4, 0.5) is 5.95 Å². The van der Waals surface area contributed by atoms with E-state index >= 15 is 0 Å². The molecule has 0 spiro atoms. The number of thiol groups is 1. The van der Waals surface area contributed by atoms with E-state index in [0.29, 0.717) is 46.8 Å². The van der Waals surface area contributed by atoms with Gasteiger partial charge in [0.05, 0.1) is 18.0 Å². The summed E-state index contributed by atoms with van der Waals surface area (Å²) in [6.07, 6.45) is 5.45. The highest BCUT2D eigenvalue weighted by molar-refractivity contribution is 7.71. The Hall–Kier alpha value is -3.77. The van der Waals surface area contributed by atoms with E-state index in [1.807, 2.05) is 30.6 Å². The average molecular weight is 552 g/mol. The maximum atomic E-state index is 14.0. The normalized spacial score (nSPS) is 15.9. The number of nitrogens with two attached hydrogens (primary N) is 1. The maximum absolute atomic E-state index is 14.0. The van der Waals surface area contributed by atoms with Crippen LogP contribution in [-0.4, -0.2) is 51.2 Å². The molecule has 0 radical (unpaired) electrons. The van der Waals surface area contributed by atoms with Crippen LogP contribution < -0.4 is 21.9 Å². The smallest absolute Gasteiger partial charge is 0.332 e. The van der Waals surface area contributed by atoms with Crippen molar-refractivity contribution in [1.29, 1.82) is 0 Å². The van der Waals surface area contributed by atoms with Gasteiger partial charge in [-0.3, -0.25) is 18.9 Å². The van der Waals surface area contributed by atoms with Crippen molar-refractivity contribution < 1.29 is 8.42 Å². The molecule has 0 saturated carbocycles. The summed E-state index contributed by atoms with van der Waals surface area (Å²) in [4.78, 5) is 38.8. The summed E-state index contributed by atoms with van der Waals surface area (Å²) in [7, 11) is -1.00. The van der Waals surface area contributed by atoms with Crippen molar-refractivity contribution in [2.24, 2.45) is 12.8 Å². The van der Waals surface area contributed by atoms with Crippen molar-refractivity contribution in [3.05, 3.63) is 74.2 Å². The van der Waals surface area contributed by atoms with Crippen LogP contribution in [-0.2, 0) is 36.6 Å². The van der Waals surface area contributed by atoms with Crippen LogP contribution in [0.5, 0.6) is 0 Å². The fourth-order valence-corrected chi connectivity index (χ4v) is 5.82. The third kappa shape index (κ3) is 5.13. The van der Waals surface area contributed by atoms with Crippen LogP contribution in [0.1, 0.15) is 37.9 Å². The molecule has 1 aliphatic heterocycles. The average Bonchev–Trinajstić information content (AvgIpc) is 3.28. The third-order valence-corrected chi connectivity index (χ3v) is 7.82. The molecule has 4 heterocycles. The van der Waals surface area contributed by atoms with E-state index in [4.69, 9.17) is 10.7 Å². The number of benzene rings is 1. The Labute approximate surface area is 227 Å². The molecule has 2 N–H and O–H groups in total. The summed E-state index contributed by atoms with van der Waals surface area (Å²) in [6.45, 7) is 5.74. The van der Waals surface area contributed by atoms with Gasteiger partial charge in [-0.25, -0.2) is 13.2 Å². The SMILES string of the molecule is CC(C)=CCn1c(N2CCCC(N)C2)nc2c1c(=O)n(Cc1nccc3c(C[SH](=O)=O)cccc13)c(=O)n2C. The molecule has 0 bridgehead atoms. The van der Waals surface area contributed by atoms with E-state index in [1.54, 1.807) is 31.4 Å². The number of hydrogen-bond donors (Lipinski definition) is 2. The van der Waals surface area contributed by atoms with E-state index in [9.17, 15) is 18.0 Å². The van der Waals surface area contributed by atoms with Gasteiger partial charge in [-0.2, -0.15) is 4.98 Å². The van der Waals surface area contributed by atoms with Crippen LogP contribution in [0.15, 0.2) is 51.7 Å². The second-order valence-corrected chi connectivity index (χ2v) is 11.3. The third-order valence-electron chi connectivity index (χ3n) is 7.22. The topological polar surface area (TPSA) is 138 Å². The van der Waals surface area contributed by atoms with Crippen molar-refractivity contribution in [3.63, 3.8) is 0 Å². The number of hydrogen-bond acceptors (Lipinski definition) is 8. The molecular formula is C27H33N7O4S. The number of pyridine rings is 1. The molecule has 1 unspecified atom stereocenters.